The highest BCUT2D eigenvalue weighted by Gasteiger charge is 2.34. The van der Waals surface area contributed by atoms with Crippen LogP contribution in [0.4, 0.5) is 0 Å². The van der Waals surface area contributed by atoms with E-state index in [2.05, 4.69) is 36.2 Å². The molecule has 1 saturated heterocycles. The van der Waals surface area contributed by atoms with Crippen molar-refractivity contribution in [2.45, 2.75) is 37.0 Å². The van der Waals surface area contributed by atoms with Crippen molar-refractivity contribution in [1.82, 2.24) is 4.90 Å². The van der Waals surface area contributed by atoms with Crippen LogP contribution in [-0.4, -0.2) is 31.6 Å². The van der Waals surface area contributed by atoms with Crippen LogP contribution in [0.25, 0.3) is 0 Å². The number of hydrogen-bond acceptors (Lipinski definition) is 2. The molecule has 0 bridgehead atoms. The molecule has 0 amide bonds. The Balaban J connectivity index is 1.78. The summed E-state index contributed by atoms with van der Waals surface area (Å²) in [7, 11) is 2.19. The molecule has 1 aliphatic carbocycles. The fourth-order valence-electron chi connectivity index (χ4n) is 3.68. The lowest BCUT2D eigenvalue weighted by atomic mass is 9.78. The molecule has 1 heterocycles. The summed E-state index contributed by atoms with van der Waals surface area (Å²) in [5.74, 6) is 0.751. The van der Waals surface area contributed by atoms with E-state index in [9.17, 15) is 0 Å². The van der Waals surface area contributed by atoms with E-state index in [0.717, 1.165) is 12.5 Å². The van der Waals surface area contributed by atoms with Gasteiger partial charge in [0.25, 0.3) is 0 Å². The van der Waals surface area contributed by atoms with Crippen LogP contribution in [0.2, 0.25) is 0 Å². The van der Waals surface area contributed by atoms with Gasteiger partial charge in [0.05, 0.1) is 0 Å². The van der Waals surface area contributed by atoms with Gasteiger partial charge in [-0.15, -0.1) is 0 Å². The first-order valence-electron chi connectivity index (χ1n) is 7.23. The van der Waals surface area contributed by atoms with E-state index in [1.54, 1.807) is 0 Å². The average Bonchev–Trinajstić information content (AvgIpc) is 2.85. The van der Waals surface area contributed by atoms with Crippen LogP contribution in [0.5, 0.6) is 0 Å². The molecule has 98 valence electrons. The summed E-state index contributed by atoms with van der Waals surface area (Å²) in [4.78, 5) is 2.37. The Morgan fingerprint density at radius 3 is 2.28 bits per heavy atom. The molecule has 1 aromatic rings. The third-order valence-corrected chi connectivity index (χ3v) is 5.01. The lowest BCUT2D eigenvalue weighted by Crippen LogP contribution is -2.41. The summed E-state index contributed by atoms with van der Waals surface area (Å²) in [6, 6.07) is 9.35. The summed E-state index contributed by atoms with van der Waals surface area (Å²) in [5.41, 5.74) is 9.31. The fraction of sp³-hybridized carbons (Fsp3) is 0.625. The standard InChI is InChI=1S/C16H24N2/c1-18-10-14(11-18)13-4-6-15(7-5-13)16(12-17)8-2-3-9-16/h4-7,14H,2-3,8-12,17H2,1H3. The second kappa shape index (κ2) is 4.67. The molecule has 1 aliphatic heterocycles. The van der Waals surface area contributed by atoms with Gasteiger partial charge in [0.2, 0.25) is 0 Å². The molecule has 0 atom stereocenters. The van der Waals surface area contributed by atoms with Crippen molar-refractivity contribution in [3.05, 3.63) is 35.4 Å². The third kappa shape index (κ3) is 1.98. The van der Waals surface area contributed by atoms with Crippen LogP contribution < -0.4 is 5.73 Å². The van der Waals surface area contributed by atoms with Crippen molar-refractivity contribution < 1.29 is 0 Å². The molecule has 2 heteroatoms. The van der Waals surface area contributed by atoms with Gasteiger partial charge >= 0.3 is 0 Å². The van der Waals surface area contributed by atoms with E-state index in [1.807, 2.05) is 0 Å². The minimum atomic E-state index is 0.287. The van der Waals surface area contributed by atoms with Gasteiger partial charge in [0.15, 0.2) is 0 Å². The Hall–Kier alpha value is -0.860. The third-order valence-electron chi connectivity index (χ3n) is 5.01. The molecule has 1 aromatic carbocycles. The van der Waals surface area contributed by atoms with E-state index in [4.69, 9.17) is 5.73 Å². The molecule has 2 nitrogen and oxygen atoms in total. The zero-order chi connectivity index (χ0) is 12.6. The van der Waals surface area contributed by atoms with E-state index < -0.39 is 0 Å². The number of likely N-dealkylation sites (N-methyl/N-ethyl adjacent to an activating group) is 1. The quantitative estimate of drug-likeness (QED) is 0.885. The Morgan fingerprint density at radius 2 is 1.78 bits per heavy atom. The number of nitrogens with zero attached hydrogens (tertiary/aromatic N) is 1. The first kappa shape index (κ1) is 12.2. The van der Waals surface area contributed by atoms with Crippen molar-refractivity contribution >= 4 is 0 Å². The van der Waals surface area contributed by atoms with Crippen LogP contribution in [0.3, 0.4) is 0 Å². The van der Waals surface area contributed by atoms with Gasteiger partial charge in [-0.2, -0.15) is 0 Å². The number of hydrogen-bond donors (Lipinski definition) is 1. The molecular weight excluding hydrogens is 220 g/mol. The van der Waals surface area contributed by atoms with Crippen molar-refractivity contribution in [2.75, 3.05) is 26.7 Å². The largest absolute Gasteiger partial charge is 0.330 e. The van der Waals surface area contributed by atoms with Crippen molar-refractivity contribution in [3.8, 4) is 0 Å². The molecule has 1 saturated carbocycles. The Labute approximate surface area is 110 Å². The second-order valence-corrected chi connectivity index (χ2v) is 6.23. The summed E-state index contributed by atoms with van der Waals surface area (Å²) < 4.78 is 0. The molecule has 2 N–H and O–H groups in total. The average molecular weight is 244 g/mol. The first-order chi connectivity index (χ1) is 8.73. The molecule has 0 spiro atoms. The molecule has 2 aliphatic rings. The maximum atomic E-state index is 6.05. The minimum Gasteiger partial charge on any atom is -0.330 e. The highest BCUT2D eigenvalue weighted by Crippen LogP contribution is 2.40. The maximum absolute atomic E-state index is 6.05. The lowest BCUT2D eigenvalue weighted by Gasteiger charge is -2.37. The van der Waals surface area contributed by atoms with Gasteiger partial charge in [-0.05, 0) is 31.0 Å². The van der Waals surface area contributed by atoms with E-state index in [-0.39, 0.29) is 5.41 Å². The number of likely N-dealkylation sites (tertiary alicyclic amines) is 1. The van der Waals surface area contributed by atoms with Crippen molar-refractivity contribution in [3.63, 3.8) is 0 Å². The van der Waals surface area contributed by atoms with Gasteiger partial charge in [0.1, 0.15) is 0 Å². The van der Waals surface area contributed by atoms with Crippen LogP contribution >= 0.6 is 0 Å². The van der Waals surface area contributed by atoms with Crippen LogP contribution in [0.15, 0.2) is 24.3 Å². The molecular formula is C16H24N2. The zero-order valence-electron chi connectivity index (χ0n) is 11.4. The molecule has 2 fully saturated rings. The van der Waals surface area contributed by atoms with E-state index in [0.29, 0.717) is 0 Å². The molecule has 0 unspecified atom stereocenters. The van der Waals surface area contributed by atoms with Gasteiger partial charge in [0, 0.05) is 31.0 Å². The van der Waals surface area contributed by atoms with Gasteiger partial charge < -0.3 is 10.6 Å². The SMILES string of the molecule is CN1CC(c2ccc(C3(CN)CCCC3)cc2)C1. The van der Waals surface area contributed by atoms with Crippen LogP contribution in [0, 0.1) is 0 Å². The van der Waals surface area contributed by atoms with E-state index in [1.165, 1.54) is 49.9 Å². The molecule has 0 radical (unpaired) electrons. The second-order valence-electron chi connectivity index (χ2n) is 6.23. The van der Waals surface area contributed by atoms with Crippen molar-refractivity contribution in [2.24, 2.45) is 5.73 Å². The summed E-state index contributed by atoms with van der Waals surface area (Å²) >= 11 is 0. The number of benzene rings is 1. The number of nitrogens with two attached hydrogens (primary N) is 1. The normalized spacial score (nSPS) is 24.1. The molecule has 18 heavy (non-hydrogen) atoms. The summed E-state index contributed by atoms with van der Waals surface area (Å²) in [6.45, 7) is 3.22. The highest BCUT2D eigenvalue weighted by atomic mass is 15.2. The summed E-state index contributed by atoms with van der Waals surface area (Å²) in [6.07, 6.45) is 5.22. The Kier molecular flexibility index (Phi) is 3.16. The minimum absolute atomic E-state index is 0.287. The van der Waals surface area contributed by atoms with Crippen LogP contribution in [0.1, 0.15) is 42.7 Å². The first-order valence-corrected chi connectivity index (χ1v) is 7.23. The molecule has 3 rings (SSSR count). The van der Waals surface area contributed by atoms with E-state index >= 15 is 0 Å². The lowest BCUT2D eigenvalue weighted by molar-refractivity contribution is 0.189. The number of rotatable bonds is 3. The smallest absolute Gasteiger partial charge is 0.00933 e. The predicted molar refractivity (Wildman–Crippen MR) is 75.9 cm³/mol. The fourth-order valence-corrected chi connectivity index (χ4v) is 3.68. The van der Waals surface area contributed by atoms with Crippen LogP contribution in [-0.2, 0) is 5.41 Å². The monoisotopic (exact) mass is 244 g/mol. The predicted octanol–water partition coefficient (Wildman–Crippen LogP) is 2.49. The van der Waals surface area contributed by atoms with Gasteiger partial charge in [-0.3, -0.25) is 0 Å². The maximum Gasteiger partial charge on any atom is 0.00933 e. The Morgan fingerprint density at radius 1 is 1.17 bits per heavy atom. The van der Waals surface area contributed by atoms with Gasteiger partial charge in [-0.1, -0.05) is 37.1 Å². The van der Waals surface area contributed by atoms with Crippen molar-refractivity contribution in [1.29, 1.82) is 0 Å². The Bertz CT molecular complexity index is 398. The molecule has 0 aromatic heterocycles. The topological polar surface area (TPSA) is 29.3 Å². The van der Waals surface area contributed by atoms with Gasteiger partial charge in [-0.25, -0.2) is 0 Å². The highest BCUT2D eigenvalue weighted by molar-refractivity contribution is 5.33. The summed E-state index contributed by atoms with van der Waals surface area (Å²) in [5, 5.41) is 0. The zero-order valence-corrected chi connectivity index (χ0v) is 11.4.